The molecule has 0 N–H and O–H groups in total. The number of hydrogen-bond donors (Lipinski definition) is 0. The van der Waals surface area contributed by atoms with Gasteiger partial charge in [-0.1, -0.05) is 12.1 Å². The van der Waals surface area contributed by atoms with Crippen LogP contribution >= 0.6 is 11.3 Å². The Balaban J connectivity index is 1.47. The predicted molar refractivity (Wildman–Crippen MR) is 124 cm³/mol. The number of thiophene rings is 1. The summed E-state index contributed by atoms with van der Waals surface area (Å²) in [6, 6.07) is 9.99. The van der Waals surface area contributed by atoms with Crippen molar-refractivity contribution in [3.05, 3.63) is 46.7 Å². The second kappa shape index (κ2) is 9.31. The van der Waals surface area contributed by atoms with E-state index in [1.165, 1.54) is 29.1 Å². The average molecular weight is 483 g/mol. The van der Waals surface area contributed by atoms with Gasteiger partial charge in [-0.25, -0.2) is 16.8 Å². The lowest BCUT2D eigenvalue weighted by Gasteiger charge is -2.38. The zero-order valence-corrected chi connectivity index (χ0v) is 20.3. The summed E-state index contributed by atoms with van der Waals surface area (Å²) < 4.78 is 52.7. The first kappa shape index (κ1) is 22.9. The number of hydrogen-bond acceptors (Lipinski definition) is 6. The molecule has 0 amide bonds. The van der Waals surface area contributed by atoms with Gasteiger partial charge in [0, 0.05) is 30.3 Å². The fraction of sp³-hybridized carbons (Fsp3) is 0.545. The molecule has 2 fully saturated rings. The van der Waals surface area contributed by atoms with Gasteiger partial charge in [-0.3, -0.25) is 0 Å². The lowest BCUT2D eigenvalue weighted by Crippen LogP contribution is -2.48. The number of nitrogens with zero attached hydrogens (tertiary/aromatic N) is 2. The highest BCUT2D eigenvalue weighted by Gasteiger charge is 2.38. The molecule has 6 nitrogen and oxygen atoms in total. The van der Waals surface area contributed by atoms with Crippen molar-refractivity contribution >= 4 is 31.2 Å². The molecule has 0 bridgehead atoms. The molecular weight excluding hydrogens is 452 g/mol. The molecule has 1 aliphatic carbocycles. The van der Waals surface area contributed by atoms with E-state index in [0.29, 0.717) is 12.5 Å². The monoisotopic (exact) mass is 482 g/mol. The minimum absolute atomic E-state index is 0.0366. The maximum atomic E-state index is 13.6. The Bertz CT molecular complexity index is 1090. The second-order valence-corrected chi connectivity index (χ2v) is 13.6. The van der Waals surface area contributed by atoms with Crippen LogP contribution in [0.4, 0.5) is 0 Å². The molecule has 170 valence electrons. The number of benzene rings is 1. The van der Waals surface area contributed by atoms with Gasteiger partial charge in [0.1, 0.15) is 0 Å². The van der Waals surface area contributed by atoms with E-state index in [1.807, 2.05) is 0 Å². The Morgan fingerprint density at radius 1 is 1.00 bits per heavy atom. The second-order valence-electron chi connectivity index (χ2n) is 8.67. The molecule has 0 atom stereocenters. The average Bonchev–Trinajstić information content (AvgIpc) is 3.42. The molecule has 1 aromatic carbocycles. The van der Waals surface area contributed by atoms with Crippen molar-refractivity contribution in [2.75, 3.05) is 32.4 Å². The van der Waals surface area contributed by atoms with E-state index < -0.39 is 19.9 Å². The molecular formula is C22H30N2O4S3. The minimum Gasteiger partial charge on any atom is -0.303 e. The molecule has 1 aliphatic heterocycles. The van der Waals surface area contributed by atoms with Crippen LogP contribution in [0.1, 0.15) is 30.6 Å². The number of sulfone groups is 1. The fourth-order valence-electron chi connectivity index (χ4n) is 4.15. The largest absolute Gasteiger partial charge is 0.303 e. The van der Waals surface area contributed by atoms with Gasteiger partial charge in [0.15, 0.2) is 9.84 Å². The topological polar surface area (TPSA) is 74.8 Å². The van der Waals surface area contributed by atoms with Crippen molar-refractivity contribution in [2.24, 2.45) is 5.92 Å². The smallest absolute Gasteiger partial charge is 0.243 e. The van der Waals surface area contributed by atoms with Crippen LogP contribution in [0.2, 0.25) is 0 Å². The van der Waals surface area contributed by atoms with Crippen molar-refractivity contribution in [3.63, 3.8) is 0 Å². The summed E-state index contributed by atoms with van der Waals surface area (Å²) in [6.45, 7) is 3.30. The summed E-state index contributed by atoms with van der Waals surface area (Å²) in [5, 5.41) is 2.10. The zero-order chi connectivity index (χ0) is 22.1. The normalized spacial score (nSPS) is 19.2. The summed E-state index contributed by atoms with van der Waals surface area (Å²) in [7, 11) is -7.22. The van der Waals surface area contributed by atoms with Crippen LogP contribution < -0.4 is 0 Å². The van der Waals surface area contributed by atoms with Gasteiger partial charge >= 0.3 is 0 Å². The van der Waals surface area contributed by atoms with E-state index in [4.69, 9.17) is 0 Å². The molecule has 2 heterocycles. The third-order valence-corrected chi connectivity index (χ3v) is 10.2. The van der Waals surface area contributed by atoms with Crippen molar-refractivity contribution in [1.82, 2.24) is 9.21 Å². The molecule has 1 saturated carbocycles. The van der Waals surface area contributed by atoms with Gasteiger partial charge in [0.2, 0.25) is 10.0 Å². The van der Waals surface area contributed by atoms with Crippen molar-refractivity contribution in [2.45, 2.75) is 47.9 Å². The predicted octanol–water partition coefficient (Wildman–Crippen LogP) is 3.26. The first-order chi connectivity index (χ1) is 14.7. The first-order valence-electron chi connectivity index (χ1n) is 10.8. The lowest BCUT2D eigenvalue weighted by molar-refractivity contribution is 0.158. The standard InChI is InChI=1S/C22H30N2O4S3/c1-30(25,26)21-5-2-6-22(16-21)31(27,28)24(17-18-7-8-18)19-9-12-23(13-10-19)14-11-20-4-3-15-29-20/h2-6,15-16,18-19H,7-14,17H2,1H3. The van der Waals surface area contributed by atoms with E-state index in [-0.39, 0.29) is 15.8 Å². The van der Waals surface area contributed by atoms with Gasteiger partial charge in [-0.15, -0.1) is 11.3 Å². The van der Waals surface area contributed by atoms with Gasteiger partial charge in [0.05, 0.1) is 9.79 Å². The molecule has 2 aliphatic rings. The SMILES string of the molecule is CS(=O)(=O)c1cccc(S(=O)(=O)N(CC2CC2)C2CCN(CCc3cccs3)CC2)c1. The highest BCUT2D eigenvalue weighted by Crippen LogP contribution is 2.34. The Kier molecular flexibility index (Phi) is 6.88. The Morgan fingerprint density at radius 2 is 1.71 bits per heavy atom. The van der Waals surface area contributed by atoms with Crippen LogP contribution in [0.25, 0.3) is 0 Å². The van der Waals surface area contributed by atoms with E-state index in [0.717, 1.165) is 58.0 Å². The molecule has 31 heavy (non-hydrogen) atoms. The Labute approximate surface area is 189 Å². The summed E-state index contributed by atoms with van der Waals surface area (Å²) in [4.78, 5) is 3.92. The molecule has 0 spiro atoms. The molecule has 0 unspecified atom stereocenters. The summed E-state index contributed by atoms with van der Waals surface area (Å²) in [6.07, 6.45) is 5.88. The van der Waals surface area contributed by atoms with Crippen LogP contribution in [0.5, 0.6) is 0 Å². The van der Waals surface area contributed by atoms with Crippen LogP contribution in [0, 0.1) is 5.92 Å². The van der Waals surface area contributed by atoms with Crippen LogP contribution in [0.3, 0.4) is 0 Å². The van der Waals surface area contributed by atoms with Crippen LogP contribution in [-0.4, -0.2) is 64.5 Å². The number of piperidine rings is 1. The van der Waals surface area contributed by atoms with E-state index in [1.54, 1.807) is 15.6 Å². The molecule has 4 rings (SSSR count). The molecule has 1 aromatic heterocycles. The van der Waals surface area contributed by atoms with E-state index in [2.05, 4.69) is 22.4 Å². The maximum absolute atomic E-state index is 13.6. The number of sulfonamides is 1. The summed E-state index contributed by atoms with van der Waals surface area (Å²) in [5.74, 6) is 0.421. The van der Waals surface area contributed by atoms with Gasteiger partial charge in [-0.2, -0.15) is 4.31 Å². The van der Waals surface area contributed by atoms with E-state index in [9.17, 15) is 16.8 Å². The third kappa shape index (κ3) is 5.76. The number of likely N-dealkylation sites (tertiary alicyclic amines) is 1. The molecule has 2 aromatic rings. The van der Waals surface area contributed by atoms with E-state index >= 15 is 0 Å². The zero-order valence-electron chi connectivity index (χ0n) is 17.8. The highest BCUT2D eigenvalue weighted by atomic mass is 32.2. The van der Waals surface area contributed by atoms with Crippen molar-refractivity contribution in [3.8, 4) is 0 Å². The van der Waals surface area contributed by atoms with Gasteiger partial charge in [0.25, 0.3) is 0 Å². The van der Waals surface area contributed by atoms with Crippen molar-refractivity contribution in [1.29, 1.82) is 0 Å². The maximum Gasteiger partial charge on any atom is 0.243 e. The minimum atomic E-state index is -3.75. The Morgan fingerprint density at radius 3 is 2.32 bits per heavy atom. The summed E-state index contributed by atoms with van der Waals surface area (Å²) in [5.41, 5.74) is 0. The molecule has 1 saturated heterocycles. The third-order valence-electron chi connectivity index (χ3n) is 6.19. The summed E-state index contributed by atoms with van der Waals surface area (Å²) >= 11 is 1.78. The number of rotatable bonds is 9. The highest BCUT2D eigenvalue weighted by molar-refractivity contribution is 7.91. The van der Waals surface area contributed by atoms with Crippen LogP contribution in [-0.2, 0) is 26.3 Å². The first-order valence-corrected chi connectivity index (χ1v) is 15.0. The van der Waals surface area contributed by atoms with Gasteiger partial charge in [-0.05, 0) is 80.8 Å². The molecule has 0 radical (unpaired) electrons. The Hall–Kier alpha value is -1.26. The fourth-order valence-corrected chi connectivity index (χ4v) is 7.40. The quantitative estimate of drug-likeness (QED) is 0.548. The van der Waals surface area contributed by atoms with Crippen LogP contribution in [0.15, 0.2) is 51.6 Å². The molecule has 9 heteroatoms. The van der Waals surface area contributed by atoms with Gasteiger partial charge < -0.3 is 4.90 Å². The lowest BCUT2D eigenvalue weighted by atomic mass is 10.0. The van der Waals surface area contributed by atoms with Crippen molar-refractivity contribution < 1.29 is 16.8 Å².